The van der Waals surface area contributed by atoms with Gasteiger partial charge in [-0.1, -0.05) is 42.5 Å². The molecule has 0 saturated carbocycles. The van der Waals surface area contributed by atoms with Gasteiger partial charge in [-0.15, -0.1) is 0 Å². The maximum Gasteiger partial charge on any atom is 0.185 e. The molecule has 0 radical (unpaired) electrons. The summed E-state index contributed by atoms with van der Waals surface area (Å²) in [6, 6.07) is 11.4. The molecule has 0 saturated heterocycles. The van der Waals surface area contributed by atoms with Gasteiger partial charge in [0.05, 0.1) is 12.2 Å². The molecule has 1 aromatic carbocycles. The fourth-order valence-corrected chi connectivity index (χ4v) is 1.60. The molecule has 0 amide bonds. The third-order valence-corrected chi connectivity index (χ3v) is 2.50. The minimum absolute atomic E-state index is 0.253. The number of allylic oxidation sites excluding steroid dienone is 1. The Hall–Kier alpha value is -2.85. The molecular formula is C14H10N4. The van der Waals surface area contributed by atoms with Gasteiger partial charge >= 0.3 is 0 Å². The molecule has 0 aliphatic carbocycles. The van der Waals surface area contributed by atoms with Gasteiger partial charge in [0, 0.05) is 6.21 Å². The maximum atomic E-state index is 9.05. The van der Waals surface area contributed by atoms with Gasteiger partial charge in [-0.05, 0) is 5.56 Å². The van der Waals surface area contributed by atoms with Gasteiger partial charge in [0.1, 0.15) is 11.8 Å². The Balaban J connectivity index is 2.18. The fraction of sp³-hybridized carbons (Fsp3) is 0.0714. The lowest BCUT2D eigenvalue weighted by Gasteiger charge is -2.21. The lowest BCUT2D eigenvalue weighted by molar-refractivity contribution is 0.499. The number of rotatable bonds is 2. The Labute approximate surface area is 105 Å². The topological polar surface area (TPSA) is 63.2 Å². The van der Waals surface area contributed by atoms with E-state index in [2.05, 4.69) is 4.99 Å². The molecule has 4 heteroatoms. The second-order valence-electron chi connectivity index (χ2n) is 3.65. The summed E-state index contributed by atoms with van der Waals surface area (Å²) >= 11 is 0. The Morgan fingerprint density at radius 3 is 2.67 bits per heavy atom. The minimum atomic E-state index is -0.310. The minimum Gasteiger partial charge on any atom is -0.264 e. The summed E-state index contributed by atoms with van der Waals surface area (Å²) in [5.41, 5.74) is 1.29. The zero-order valence-electron chi connectivity index (χ0n) is 9.56. The van der Waals surface area contributed by atoms with Gasteiger partial charge in [-0.2, -0.15) is 10.5 Å². The van der Waals surface area contributed by atoms with Crippen LogP contribution in [0, 0.1) is 22.8 Å². The van der Waals surface area contributed by atoms with Crippen molar-refractivity contribution < 1.29 is 0 Å². The Morgan fingerprint density at radius 2 is 2.00 bits per heavy atom. The van der Waals surface area contributed by atoms with E-state index < -0.39 is 0 Å². The molecule has 1 atom stereocenters. The number of aliphatic imine (C=N–C) groups is 1. The highest BCUT2D eigenvalue weighted by Gasteiger charge is 2.19. The largest absolute Gasteiger partial charge is 0.264 e. The SMILES string of the molecule is N#CC1=CN=CC(C=Cc2ccccc2)N1C#N. The van der Waals surface area contributed by atoms with Crippen LogP contribution in [0.2, 0.25) is 0 Å². The first-order valence-electron chi connectivity index (χ1n) is 5.41. The number of nitriles is 2. The molecule has 0 fully saturated rings. The van der Waals surface area contributed by atoms with Crippen molar-refractivity contribution in [1.29, 1.82) is 10.5 Å². The lowest BCUT2D eigenvalue weighted by atomic mass is 10.1. The molecule has 86 valence electrons. The molecule has 1 unspecified atom stereocenters. The van der Waals surface area contributed by atoms with Crippen LogP contribution < -0.4 is 0 Å². The number of hydrogen-bond donors (Lipinski definition) is 0. The molecule has 1 heterocycles. The van der Waals surface area contributed by atoms with Crippen LogP contribution in [0.3, 0.4) is 0 Å². The monoisotopic (exact) mass is 234 g/mol. The normalized spacial score (nSPS) is 18.2. The van der Waals surface area contributed by atoms with E-state index in [1.165, 1.54) is 11.1 Å². The quantitative estimate of drug-likeness (QED) is 0.737. The van der Waals surface area contributed by atoms with Crippen molar-refractivity contribution in [2.45, 2.75) is 6.04 Å². The van der Waals surface area contributed by atoms with E-state index in [4.69, 9.17) is 10.5 Å². The standard InChI is InChI=1S/C14H10N4/c15-8-14-10-17-9-13(18(14)11-16)7-6-12-4-2-1-3-5-12/h1-7,9-10,13H. The number of hydrogen-bond acceptors (Lipinski definition) is 4. The van der Waals surface area contributed by atoms with Gasteiger partial charge in [-0.25, -0.2) is 0 Å². The first-order valence-corrected chi connectivity index (χ1v) is 5.41. The Bertz CT molecular complexity index is 584. The van der Waals surface area contributed by atoms with E-state index in [0.29, 0.717) is 0 Å². The molecule has 1 aromatic rings. The van der Waals surface area contributed by atoms with Crippen molar-refractivity contribution in [2.24, 2.45) is 4.99 Å². The molecule has 4 nitrogen and oxygen atoms in total. The fourth-order valence-electron chi connectivity index (χ4n) is 1.60. The smallest absolute Gasteiger partial charge is 0.185 e. The summed E-state index contributed by atoms with van der Waals surface area (Å²) in [7, 11) is 0. The van der Waals surface area contributed by atoms with Crippen molar-refractivity contribution in [3.05, 3.63) is 53.9 Å². The highest BCUT2D eigenvalue weighted by atomic mass is 15.2. The van der Waals surface area contributed by atoms with E-state index in [1.54, 1.807) is 6.21 Å². The van der Waals surface area contributed by atoms with Crippen molar-refractivity contribution in [2.75, 3.05) is 0 Å². The van der Waals surface area contributed by atoms with Crippen LogP contribution in [0.5, 0.6) is 0 Å². The second-order valence-corrected chi connectivity index (χ2v) is 3.65. The molecule has 1 aliphatic rings. The van der Waals surface area contributed by atoms with E-state index in [1.807, 2.05) is 54.7 Å². The van der Waals surface area contributed by atoms with Crippen molar-refractivity contribution in [1.82, 2.24) is 4.90 Å². The number of benzene rings is 1. The van der Waals surface area contributed by atoms with E-state index in [-0.39, 0.29) is 11.7 Å². The van der Waals surface area contributed by atoms with Crippen LogP contribution in [0.4, 0.5) is 0 Å². The summed E-state index contributed by atoms with van der Waals surface area (Å²) in [6.45, 7) is 0. The summed E-state index contributed by atoms with van der Waals surface area (Å²) < 4.78 is 0. The predicted octanol–water partition coefficient (Wildman–Crippen LogP) is 2.30. The predicted molar refractivity (Wildman–Crippen MR) is 68.9 cm³/mol. The second kappa shape index (κ2) is 5.47. The third-order valence-electron chi connectivity index (χ3n) is 2.50. The maximum absolute atomic E-state index is 9.05. The molecular weight excluding hydrogens is 224 g/mol. The van der Waals surface area contributed by atoms with Crippen LogP contribution in [0.15, 0.2) is 53.3 Å². The summed E-state index contributed by atoms with van der Waals surface area (Å²) in [5.74, 6) is 0. The van der Waals surface area contributed by atoms with Crippen LogP contribution in [0.1, 0.15) is 5.56 Å². The van der Waals surface area contributed by atoms with Gasteiger partial charge in [0.15, 0.2) is 6.19 Å². The van der Waals surface area contributed by atoms with E-state index in [9.17, 15) is 0 Å². The number of nitrogens with zero attached hydrogens (tertiary/aromatic N) is 4. The lowest BCUT2D eigenvalue weighted by Crippen LogP contribution is -2.31. The molecule has 18 heavy (non-hydrogen) atoms. The molecule has 0 aromatic heterocycles. The highest BCUT2D eigenvalue weighted by Crippen LogP contribution is 2.13. The first kappa shape index (κ1) is 11.6. The van der Waals surface area contributed by atoms with E-state index in [0.717, 1.165) is 5.56 Å². The third kappa shape index (κ3) is 2.45. The zero-order chi connectivity index (χ0) is 12.8. The average Bonchev–Trinajstić information content (AvgIpc) is 2.45. The van der Waals surface area contributed by atoms with Gasteiger partial charge < -0.3 is 0 Å². The zero-order valence-corrected chi connectivity index (χ0v) is 9.56. The summed E-state index contributed by atoms with van der Waals surface area (Å²) in [6.07, 6.45) is 8.75. The molecule has 1 aliphatic heterocycles. The van der Waals surface area contributed by atoms with E-state index >= 15 is 0 Å². The van der Waals surface area contributed by atoms with Crippen molar-refractivity contribution >= 4 is 12.3 Å². The van der Waals surface area contributed by atoms with Gasteiger partial charge in [0.2, 0.25) is 0 Å². The molecule has 2 rings (SSSR count). The summed E-state index contributed by atoms with van der Waals surface area (Å²) in [5, 5.41) is 17.9. The summed E-state index contributed by atoms with van der Waals surface area (Å²) in [4.78, 5) is 5.29. The Morgan fingerprint density at radius 1 is 1.22 bits per heavy atom. The Kier molecular flexibility index (Phi) is 3.53. The average molecular weight is 234 g/mol. The first-order chi connectivity index (χ1) is 8.85. The van der Waals surface area contributed by atoms with Gasteiger partial charge in [0.25, 0.3) is 0 Å². The van der Waals surface area contributed by atoms with Crippen molar-refractivity contribution in [3.8, 4) is 12.3 Å². The van der Waals surface area contributed by atoms with Crippen LogP contribution in [0.25, 0.3) is 6.08 Å². The van der Waals surface area contributed by atoms with Gasteiger partial charge in [-0.3, -0.25) is 9.89 Å². The van der Waals surface area contributed by atoms with Crippen LogP contribution >= 0.6 is 0 Å². The van der Waals surface area contributed by atoms with Crippen molar-refractivity contribution in [3.63, 3.8) is 0 Å². The highest BCUT2D eigenvalue weighted by molar-refractivity contribution is 5.73. The van der Waals surface area contributed by atoms with Crippen LogP contribution in [-0.4, -0.2) is 17.2 Å². The molecule has 0 N–H and O–H groups in total. The molecule has 0 spiro atoms. The molecule has 0 bridgehead atoms. The van der Waals surface area contributed by atoms with Crippen LogP contribution in [-0.2, 0) is 0 Å².